The van der Waals surface area contributed by atoms with Crippen LogP contribution in [-0.4, -0.2) is 30.6 Å². The maximum atomic E-state index is 12.7. The Morgan fingerprint density at radius 2 is 2.11 bits per heavy atom. The third-order valence-electron chi connectivity index (χ3n) is 3.23. The average Bonchev–Trinajstić information content (AvgIpc) is 2.38. The normalized spacial score (nSPS) is 21.5. The van der Waals surface area contributed by atoms with E-state index in [2.05, 4.69) is 31.9 Å². The van der Waals surface area contributed by atoms with Crippen molar-refractivity contribution in [2.24, 2.45) is 0 Å². The first-order valence-electron chi connectivity index (χ1n) is 5.99. The first kappa shape index (κ1) is 15.8. The lowest BCUT2D eigenvalue weighted by molar-refractivity contribution is 0.273. The monoisotopic (exact) mass is 429 g/mol. The fraction of sp³-hybridized carbons (Fsp3) is 0.500. The number of sulfonamides is 1. The second-order valence-corrected chi connectivity index (χ2v) is 8.32. The van der Waals surface area contributed by atoms with Crippen LogP contribution in [0.25, 0.3) is 0 Å². The minimum atomic E-state index is -3.52. The molecule has 1 aliphatic rings. The van der Waals surface area contributed by atoms with Crippen molar-refractivity contribution in [1.29, 1.82) is 0 Å². The molecule has 1 aromatic rings. The average molecular weight is 432 g/mol. The molecule has 0 spiro atoms. The quantitative estimate of drug-likeness (QED) is 0.678. The maximum Gasteiger partial charge on any atom is 0.244 e. The van der Waals surface area contributed by atoms with E-state index in [1.807, 2.05) is 0 Å². The molecule has 1 aliphatic heterocycles. The van der Waals surface area contributed by atoms with E-state index in [0.717, 1.165) is 23.7 Å². The van der Waals surface area contributed by atoms with Crippen LogP contribution in [-0.2, 0) is 10.0 Å². The lowest BCUT2D eigenvalue weighted by Crippen LogP contribution is -2.44. The van der Waals surface area contributed by atoms with Gasteiger partial charge in [0.2, 0.25) is 10.0 Å². The molecule has 3 nitrogen and oxygen atoms in total. The third kappa shape index (κ3) is 3.35. The van der Waals surface area contributed by atoms with E-state index in [9.17, 15) is 8.42 Å². The highest BCUT2D eigenvalue weighted by Crippen LogP contribution is 2.31. The largest absolute Gasteiger partial charge is 0.244 e. The molecular weight excluding hydrogens is 417 g/mol. The molecule has 1 aromatic carbocycles. The summed E-state index contributed by atoms with van der Waals surface area (Å²) in [7, 11) is -3.52. The van der Waals surface area contributed by atoms with Crippen molar-refractivity contribution in [1.82, 2.24) is 4.31 Å². The molecule has 0 N–H and O–H groups in total. The molecule has 0 radical (unpaired) electrons. The summed E-state index contributed by atoms with van der Waals surface area (Å²) in [4.78, 5) is 0.185. The van der Waals surface area contributed by atoms with Gasteiger partial charge in [0.05, 0.1) is 5.02 Å². The Balaban J connectivity index is 2.40. The van der Waals surface area contributed by atoms with Crippen molar-refractivity contribution in [2.75, 3.05) is 11.9 Å². The zero-order valence-electron chi connectivity index (χ0n) is 10.2. The van der Waals surface area contributed by atoms with E-state index in [1.54, 1.807) is 22.5 Å². The SMILES string of the molecule is O=S(=O)(c1ccc(Br)cc1Cl)N1CCCCC1CBr. The fourth-order valence-electron chi connectivity index (χ4n) is 2.26. The van der Waals surface area contributed by atoms with Gasteiger partial charge in [-0.1, -0.05) is 49.9 Å². The van der Waals surface area contributed by atoms with Crippen molar-refractivity contribution in [3.8, 4) is 0 Å². The summed E-state index contributed by atoms with van der Waals surface area (Å²) in [6, 6.07) is 4.88. The maximum absolute atomic E-state index is 12.7. The molecule has 0 amide bonds. The van der Waals surface area contributed by atoms with Crippen LogP contribution in [0.2, 0.25) is 5.02 Å². The highest BCUT2D eigenvalue weighted by molar-refractivity contribution is 9.10. The Hall–Kier alpha value is 0.380. The number of rotatable bonds is 3. The van der Waals surface area contributed by atoms with Crippen LogP contribution in [0.5, 0.6) is 0 Å². The van der Waals surface area contributed by atoms with Crippen LogP contribution in [0.15, 0.2) is 27.6 Å². The van der Waals surface area contributed by atoms with E-state index in [4.69, 9.17) is 11.6 Å². The summed E-state index contributed by atoms with van der Waals surface area (Å²) in [5, 5.41) is 0.911. The topological polar surface area (TPSA) is 37.4 Å². The number of hydrogen-bond donors (Lipinski definition) is 0. The van der Waals surface area contributed by atoms with Gasteiger partial charge in [0.15, 0.2) is 0 Å². The standard InChI is InChI=1S/C12H14Br2ClNO2S/c13-8-10-3-1-2-6-16(10)19(17,18)12-5-4-9(14)7-11(12)15/h4-5,7,10H,1-3,6,8H2. The summed E-state index contributed by atoms with van der Waals surface area (Å²) in [5.41, 5.74) is 0. The Labute approximate surface area is 135 Å². The van der Waals surface area contributed by atoms with E-state index >= 15 is 0 Å². The fourth-order valence-corrected chi connectivity index (χ4v) is 5.83. The zero-order chi connectivity index (χ0) is 14.0. The van der Waals surface area contributed by atoms with Crippen LogP contribution < -0.4 is 0 Å². The molecule has 7 heteroatoms. The first-order valence-corrected chi connectivity index (χ1v) is 9.73. The van der Waals surface area contributed by atoms with Crippen LogP contribution in [0.1, 0.15) is 19.3 Å². The highest BCUT2D eigenvalue weighted by atomic mass is 79.9. The Bertz CT molecular complexity index is 565. The van der Waals surface area contributed by atoms with E-state index in [1.165, 1.54) is 0 Å². The molecule has 0 saturated carbocycles. The molecule has 1 atom stereocenters. The predicted octanol–water partition coefficient (Wildman–Crippen LogP) is 4.04. The number of piperidine rings is 1. The van der Waals surface area contributed by atoms with Crippen molar-refractivity contribution >= 4 is 53.5 Å². The second kappa shape index (κ2) is 6.43. The van der Waals surface area contributed by atoms with Gasteiger partial charge in [-0.25, -0.2) is 8.42 Å². The van der Waals surface area contributed by atoms with Gasteiger partial charge in [0.25, 0.3) is 0 Å². The summed E-state index contributed by atoms with van der Waals surface area (Å²) in [6.45, 7) is 0.561. The van der Waals surface area contributed by atoms with Gasteiger partial charge in [-0.2, -0.15) is 4.31 Å². The number of nitrogens with zero attached hydrogens (tertiary/aromatic N) is 1. The van der Waals surface area contributed by atoms with Gasteiger partial charge in [-0.3, -0.25) is 0 Å². The Morgan fingerprint density at radius 3 is 2.74 bits per heavy atom. The van der Waals surface area contributed by atoms with Crippen molar-refractivity contribution < 1.29 is 8.42 Å². The zero-order valence-corrected chi connectivity index (χ0v) is 14.9. The number of hydrogen-bond acceptors (Lipinski definition) is 2. The van der Waals surface area contributed by atoms with Crippen molar-refractivity contribution in [2.45, 2.75) is 30.2 Å². The molecule has 106 valence electrons. The van der Waals surface area contributed by atoms with Gasteiger partial charge in [-0.05, 0) is 31.0 Å². The number of alkyl halides is 1. The van der Waals surface area contributed by atoms with Gasteiger partial charge < -0.3 is 0 Å². The molecule has 1 heterocycles. The van der Waals surface area contributed by atoms with Crippen LogP contribution in [0.3, 0.4) is 0 Å². The summed E-state index contributed by atoms with van der Waals surface area (Å²) >= 11 is 12.8. The molecule has 2 rings (SSSR count). The minimum Gasteiger partial charge on any atom is -0.207 e. The molecule has 0 aromatic heterocycles. The lowest BCUT2D eigenvalue weighted by atomic mass is 10.1. The lowest BCUT2D eigenvalue weighted by Gasteiger charge is -2.33. The summed E-state index contributed by atoms with van der Waals surface area (Å²) in [5.74, 6) is 0. The van der Waals surface area contributed by atoms with Gasteiger partial charge >= 0.3 is 0 Å². The smallest absolute Gasteiger partial charge is 0.207 e. The van der Waals surface area contributed by atoms with E-state index < -0.39 is 10.0 Å². The predicted molar refractivity (Wildman–Crippen MR) is 84.5 cm³/mol. The Kier molecular flexibility index (Phi) is 5.34. The molecular formula is C12H14Br2ClNO2S. The molecule has 0 aliphatic carbocycles. The van der Waals surface area contributed by atoms with Crippen molar-refractivity contribution in [3.63, 3.8) is 0 Å². The van der Waals surface area contributed by atoms with Gasteiger partial charge in [0, 0.05) is 22.4 Å². The van der Waals surface area contributed by atoms with E-state index in [-0.39, 0.29) is 16.0 Å². The Morgan fingerprint density at radius 1 is 1.37 bits per heavy atom. The van der Waals surface area contributed by atoms with Crippen molar-refractivity contribution in [3.05, 3.63) is 27.7 Å². The van der Waals surface area contributed by atoms with Crippen LogP contribution in [0, 0.1) is 0 Å². The molecule has 1 unspecified atom stereocenters. The van der Waals surface area contributed by atoms with Gasteiger partial charge in [0.1, 0.15) is 4.90 Å². The van der Waals surface area contributed by atoms with Crippen LogP contribution >= 0.6 is 43.5 Å². The minimum absolute atomic E-state index is 0.0125. The van der Waals surface area contributed by atoms with E-state index in [0.29, 0.717) is 11.9 Å². The van der Waals surface area contributed by atoms with Crippen LogP contribution in [0.4, 0.5) is 0 Å². The number of halogens is 3. The molecule has 1 saturated heterocycles. The molecule has 1 fully saturated rings. The number of benzene rings is 1. The first-order chi connectivity index (χ1) is 8.96. The third-order valence-corrected chi connectivity index (χ3v) is 6.91. The molecule has 0 bridgehead atoms. The molecule has 19 heavy (non-hydrogen) atoms. The van der Waals surface area contributed by atoms with Gasteiger partial charge in [-0.15, -0.1) is 0 Å². The second-order valence-electron chi connectivity index (χ2n) is 4.49. The summed E-state index contributed by atoms with van der Waals surface area (Å²) < 4.78 is 27.7. The highest BCUT2D eigenvalue weighted by Gasteiger charge is 2.33. The summed E-state index contributed by atoms with van der Waals surface area (Å²) in [6.07, 6.45) is 2.85.